The number of fused-ring (bicyclic) bond motifs is 1. The zero-order valence-corrected chi connectivity index (χ0v) is 12.3. The van der Waals surface area contributed by atoms with Crippen molar-refractivity contribution in [1.82, 2.24) is 14.9 Å². The molecule has 2 heterocycles. The summed E-state index contributed by atoms with van der Waals surface area (Å²) >= 11 is 1.40. The third kappa shape index (κ3) is 2.16. The minimum atomic E-state index is -0.252. The van der Waals surface area contributed by atoms with Gasteiger partial charge in [-0.05, 0) is 20.8 Å². The van der Waals surface area contributed by atoms with Crippen molar-refractivity contribution in [1.29, 1.82) is 0 Å². The molecule has 0 radical (unpaired) electrons. The molecule has 0 bridgehead atoms. The minimum Gasteiger partial charge on any atom is -0.298 e. The van der Waals surface area contributed by atoms with Gasteiger partial charge in [0, 0.05) is 5.56 Å². The topological polar surface area (TPSA) is 60.1 Å². The van der Waals surface area contributed by atoms with E-state index < -0.39 is 0 Å². The molecule has 0 fully saturated rings. The first kappa shape index (κ1) is 13.1. The number of rotatable bonds is 2. The van der Waals surface area contributed by atoms with Crippen LogP contribution in [0.15, 0.2) is 34.5 Å². The van der Waals surface area contributed by atoms with Gasteiger partial charge in [-0.2, -0.15) is 9.78 Å². The normalized spacial score (nSPS) is 17.6. The summed E-state index contributed by atoms with van der Waals surface area (Å²) < 4.78 is 1.71. The summed E-state index contributed by atoms with van der Waals surface area (Å²) in [6.45, 7) is 5.48. The first-order valence-electron chi connectivity index (χ1n) is 6.31. The van der Waals surface area contributed by atoms with Crippen molar-refractivity contribution in [2.45, 2.75) is 31.2 Å². The molecule has 0 aliphatic carbocycles. The van der Waals surface area contributed by atoms with Crippen LogP contribution < -0.4 is 0 Å². The van der Waals surface area contributed by atoms with Gasteiger partial charge in [-0.1, -0.05) is 41.6 Å². The molecule has 0 saturated carbocycles. The minimum absolute atomic E-state index is 0.0855. The van der Waals surface area contributed by atoms with E-state index >= 15 is 0 Å². The highest BCUT2D eigenvalue weighted by Crippen LogP contribution is 2.31. The Balaban J connectivity index is 2.05. The molecule has 5 nitrogen and oxygen atoms in total. The van der Waals surface area contributed by atoms with E-state index in [4.69, 9.17) is 0 Å². The Morgan fingerprint density at radius 1 is 1.20 bits per heavy atom. The number of hydrogen-bond acceptors (Lipinski definition) is 5. The highest BCUT2D eigenvalue weighted by Gasteiger charge is 2.28. The van der Waals surface area contributed by atoms with Crippen LogP contribution in [0.4, 0.5) is 0 Å². The fourth-order valence-corrected chi connectivity index (χ4v) is 3.00. The molecule has 1 aromatic carbocycles. The molecule has 0 spiro atoms. The lowest BCUT2D eigenvalue weighted by molar-refractivity contribution is -0.115. The summed E-state index contributed by atoms with van der Waals surface area (Å²) in [5, 5.41) is 13.2. The van der Waals surface area contributed by atoms with Gasteiger partial charge in [-0.15, -0.1) is 10.2 Å². The van der Waals surface area contributed by atoms with Crippen molar-refractivity contribution in [3.63, 3.8) is 0 Å². The number of aryl methyl sites for hydroxylation is 1. The molecule has 0 N–H and O–H groups in total. The van der Waals surface area contributed by atoms with Crippen molar-refractivity contribution in [3.8, 4) is 11.4 Å². The largest absolute Gasteiger partial charge is 0.298 e. The van der Waals surface area contributed by atoms with Crippen LogP contribution in [0.1, 0.15) is 19.4 Å². The summed E-state index contributed by atoms with van der Waals surface area (Å²) in [6, 6.07) is 8.06. The first-order valence-corrected chi connectivity index (χ1v) is 7.19. The van der Waals surface area contributed by atoms with Crippen molar-refractivity contribution in [2.24, 2.45) is 5.10 Å². The van der Waals surface area contributed by atoms with Crippen LogP contribution in [0.2, 0.25) is 0 Å². The molecule has 0 unspecified atom stereocenters. The van der Waals surface area contributed by atoms with E-state index in [0.29, 0.717) is 11.0 Å². The van der Waals surface area contributed by atoms with Crippen LogP contribution in [-0.2, 0) is 4.79 Å². The Bertz CT molecular complexity index is 702. The standard InChI is InChI=1S/C14H14N4OS/c1-8-4-6-11(7-5-8)13-15-16-14-18(13)17-9(2)12(20-14)10(3)19/h4-7,12H,1-3H3/t12-/m0/s1. The van der Waals surface area contributed by atoms with E-state index in [9.17, 15) is 4.79 Å². The van der Waals surface area contributed by atoms with E-state index in [-0.39, 0.29) is 11.0 Å². The van der Waals surface area contributed by atoms with Crippen LogP contribution >= 0.6 is 11.8 Å². The second-order valence-electron chi connectivity index (χ2n) is 4.83. The van der Waals surface area contributed by atoms with Crippen LogP contribution in [0, 0.1) is 6.92 Å². The van der Waals surface area contributed by atoms with Crippen molar-refractivity contribution >= 4 is 23.3 Å². The monoisotopic (exact) mass is 286 g/mol. The molecule has 3 rings (SSSR count). The Hall–Kier alpha value is -1.95. The van der Waals surface area contributed by atoms with Gasteiger partial charge in [0.25, 0.3) is 0 Å². The lowest BCUT2D eigenvalue weighted by Crippen LogP contribution is -2.27. The fourth-order valence-electron chi connectivity index (χ4n) is 2.09. The second kappa shape index (κ2) is 4.86. The third-order valence-electron chi connectivity index (χ3n) is 3.15. The van der Waals surface area contributed by atoms with Crippen LogP contribution in [-0.4, -0.2) is 31.6 Å². The molecular formula is C14H14N4OS. The van der Waals surface area contributed by atoms with E-state index in [1.54, 1.807) is 11.6 Å². The molecule has 1 atom stereocenters. The molecule has 6 heteroatoms. The van der Waals surface area contributed by atoms with E-state index in [1.807, 2.05) is 38.1 Å². The van der Waals surface area contributed by atoms with Gasteiger partial charge in [-0.25, -0.2) is 0 Å². The number of ketones is 1. The number of hydrogen-bond donors (Lipinski definition) is 0. The summed E-state index contributed by atoms with van der Waals surface area (Å²) in [5.74, 6) is 0.788. The van der Waals surface area contributed by atoms with Crippen molar-refractivity contribution < 1.29 is 4.79 Å². The van der Waals surface area contributed by atoms with Crippen LogP contribution in [0.3, 0.4) is 0 Å². The molecular weight excluding hydrogens is 272 g/mol. The number of Topliss-reactive ketones (excluding diaryl/α,β-unsaturated/α-hetero) is 1. The van der Waals surface area contributed by atoms with Gasteiger partial charge >= 0.3 is 0 Å². The fraction of sp³-hybridized carbons (Fsp3) is 0.286. The zero-order valence-electron chi connectivity index (χ0n) is 11.5. The van der Waals surface area contributed by atoms with Gasteiger partial charge < -0.3 is 0 Å². The van der Waals surface area contributed by atoms with E-state index in [0.717, 1.165) is 11.3 Å². The molecule has 0 saturated heterocycles. The zero-order chi connectivity index (χ0) is 14.3. The lowest BCUT2D eigenvalue weighted by atomic mass is 10.1. The number of benzene rings is 1. The molecule has 1 aliphatic heterocycles. The summed E-state index contributed by atoms with van der Waals surface area (Å²) in [7, 11) is 0. The number of carbonyl (C=O) groups excluding carboxylic acids is 1. The molecule has 0 amide bonds. The molecule has 2 aromatic rings. The van der Waals surface area contributed by atoms with Crippen LogP contribution in [0.25, 0.3) is 11.4 Å². The highest BCUT2D eigenvalue weighted by atomic mass is 32.2. The highest BCUT2D eigenvalue weighted by molar-refractivity contribution is 8.01. The van der Waals surface area contributed by atoms with Gasteiger partial charge in [0.15, 0.2) is 5.82 Å². The maximum atomic E-state index is 11.6. The van der Waals surface area contributed by atoms with E-state index in [2.05, 4.69) is 15.3 Å². The smallest absolute Gasteiger partial charge is 0.213 e. The van der Waals surface area contributed by atoms with Gasteiger partial charge in [0.2, 0.25) is 5.16 Å². The number of carbonyl (C=O) groups is 1. The quantitative estimate of drug-likeness (QED) is 0.851. The molecule has 1 aromatic heterocycles. The number of thioether (sulfide) groups is 1. The predicted octanol–water partition coefficient (Wildman–Crippen LogP) is 2.54. The average molecular weight is 286 g/mol. The average Bonchev–Trinajstić information content (AvgIpc) is 2.81. The molecule has 102 valence electrons. The van der Waals surface area contributed by atoms with Gasteiger partial charge in [-0.3, -0.25) is 4.79 Å². The Labute approximate surface area is 121 Å². The van der Waals surface area contributed by atoms with Crippen molar-refractivity contribution in [2.75, 3.05) is 0 Å². The van der Waals surface area contributed by atoms with Gasteiger partial charge in [0.05, 0.1) is 5.71 Å². The SMILES string of the molecule is CC(=O)[C@H]1Sc2nnc(-c3ccc(C)cc3)n2N=C1C. The van der Waals surface area contributed by atoms with Crippen molar-refractivity contribution in [3.05, 3.63) is 29.8 Å². The third-order valence-corrected chi connectivity index (χ3v) is 4.53. The summed E-state index contributed by atoms with van der Waals surface area (Å²) in [6.07, 6.45) is 0. The maximum Gasteiger partial charge on any atom is 0.213 e. The second-order valence-corrected chi connectivity index (χ2v) is 5.91. The van der Waals surface area contributed by atoms with E-state index in [1.165, 1.54) is 17.3 Å². The summed E-state index contributed by atoms with van der Waals surface area (Å²) in [5.41, 5.74) is 2.94. The van der Waals surface area contributed by atoms with Crippen LogP contribution in [0.5, 0.6) is 0 Å². The summed E-state index contributed by atoms with van der Waals surface area (Å²) in [4.78, 5) is 11.6. The lowest BCUT2D eigenvalue weighted by Gasteiger charge is -2.18. The maximum absolute atomic E-state index is 11.6. The number of aromatic nitrogens is 3. The Kier molecular flexibility index (Phi) is 3.17. The molecule has 1 aliphatic rings. The first-order chi connectivity index (χ1) is 9.56. The molecule has 20 heavy (non-hydrogen) atoms. The van der Waals surface area contributed by atoms with Gasteiger partial charge in [0.1, 0.15) is 11.0 Å². The predicted molar refractivity (Wildman–Crippen MR) is 79.0 cm³/mol. The number of nitrogens with zero attached hydrogens (tertiary/aromatic N) is 4. The Morgan fingerprint density at radius 2 is 1.90 bits per heavy atom. The Morgan fingerprint density at radius 3 is 2.55 bits per heavy atom.